The predicted molar refractivity (Wildman–Crippen MR) is 113 cm³/mol. The minimum absolute atomic E-state index is 0.0765. The largest absolute Gasteiger partial charge is 0.418 e. The van der Waals surface area contributed by atoms with Crippen LogP contribution in [0.25, 0.3) is 0 Å². The fourth-order valence-corrected chi connectivity index (χ4v) is 3.74. The first-order valence-electron chi connectivity index (χ1n) is 9.13. The van der Waals surface area contributed by atoms with Crippen molar-refractivity contribution in [3.63, 3.8) is 0 Å². The molecule has 0 unspecified atom stereocenters. The third kappa shape index (κ3) is 5.72. The number of alkyl halides is 3. The molecule has 32 heavy (non-hydrogen) atoms. The number of carbonyl (C=O) groups is 1. The van der Waals surface area contributed by atoms with E-state index >= 15 is 0 Å². The molecule has 0 aliphatic carbocycles. The van der Waals surface area contributed by atoms with Crippen LogP contribution in [-0.2, 0) is 16.2 Å². The number of hydrogen-bond donors (Lipinski definition) is 3. The molecule has 0 fully saturated rings. The molecule has 0 saturated carbocycles. The maximum absolute atomic E-state index is 13.0. The maximum Gasteiger partial charge on any atom is 0.418 e. The van der Waals surface area contributed by atoms with Gasteiger partial charge in [0, 0.05) is 17.1 Å². The van der Waals surface area contributed by atoms with Gasteiger partial charge in [-0.15, -0.1) is 0 Å². The van der Waals surface area contributed by atoms with Gasteiger partial charge in [0.25, 0.3) is 10.0 Å². The highest BCUT2D eigenvalue weighted by Gasteiger charge is 2.33. The molecule has 0 aliphatic rings. The second-order valence-corrected chi connectivity index (χ2v) is 8.41. The van der Waals surface area contributed by atoms with E-state index in [-0.39, 0.29) is 16.5 Å². The number of sulfonamides is 1. The molecular formula is C20H18F3N5O3S. The average Bonchev–Trinajstić information content (AvgIpc) is 2.66. The van der Waals surface area contributed by atoms with Crippen molar-refractivity contribution in [1.29, 1.82) is 0 Å². The van der Waals surface area contributed by atoms with Gasteiger partial charge < -0.3 is 10.6 Å². The van der Waals surface area contributed by atoms with E-state index in [1.54, 1.807) is 19.9 Å². The summed E-state index contributed by atoms with van der Waals surface area (Å²) in [5.41, 5.74) is -0.0417. The van der Waals surface area contributed by atoms with Crippen LogP contribution in [0, 0.1) is 13.8 Å². The zero-order valence-electron chi connectivity index (χ0n) is 16.9. The second kappa shape index (κ2) is 8.83. The highest BCUT2D eigenvalue weighted by atomic mass is 32.2. The van der Waals surface area contributed by atoms with Crippen molar-refractivity contribution in [3.8, 4) is 0 Å². The number of para-hydroxylation sites is 1. The van der Waals surface area contributed by atoms with E-state index in [1.807, 2.05) is 0 Å². The molecule has 8 nitrogen and oxygen atoms in total. The number of nitrogens with zero attached hydrogens (tertiary/aromatic N) is 2. The fourth-order valence-electron chi connectivity index (χ4n) is 2.79. The first-order chi connectivity index (χ1) is 14.9. The average molecular weight is 465 g/mol. The lowest BCUT2D eigenvalue weighted by atomic mass is 10.1. The lowest BCUT2D eigenvalue weighted by Crippen LogP contribution is -2.22. The lowest BCUT2D eigenvalue weighted by molar-refractivity contribution is -0.136. The van der Waals surface area contributed by atoms with Gasteiger partial charge >= 0.3 is 12.2 Å². The Balaban J connectivity index is 1.70. The van der Waals surface area contributed by atoms with Crippen molar-refractivity contribution in [2.45, 2.75) is 24.9 Å². The molecule has 0 saturated heterocycles. The van der Waals surface area contributed by atoms with Crippen molar-refractivity contribution in [2.75, 3.05) is 15.4 Å². The van der Waals surface area contributed by atoms with Gasteiger partial charge in [0.2, 0.25) is 5.95 Å². The van der Waals surface area contributed by atoms with Crippen LogP contribution >= 0.6 is 0 Å². The van der Waals surface area contributed by atoms with Crippen molar-refractivity contribution in [3.05, 3.63) is 71.5 Å². The van der Waals surface area contributed by atoms with E-state index in [9.17, 15) is 26.4 Å². The summed E-state index contributed by atoms with van der Waals surface area (Å²) in [5.74, 6) is -0.0765. The first-order valence-corrected chi connectivity index (χ1v) is 10.6. The summed E-state index contributed by atoms with van der Waals surface area (Å²) in [6.45, 7) is 3.40. The summed E-state index contributed by atoms with van der Waals surface area (Å²) in [7, 11) is -3.99. The van der Waals surface area contributed by atoms with Gasteiger partial charge in [0.15, 0.2) is 0 Å². The number of aryl methyl sites for hydroxylation is 2. The third-order valence-corrected chi connectivity index (χ3v) is 5.46. The van der Waals surface area contributed by atoms with Crippen LogP contribution in [-0.4, -0.2) is 24.4 Å². The number of halogens is 3. The zero-order valence-corrected chi connectivity index (χ0v) is 17.7. The first kappa shape index (κ1) is 23.0. The van der Waals surface area contributed by atoms with Crippen molar-refractivity contribution >= 4 is 33.4 Å². The van der Waals surface area contributed by atoms with Crippen LogP contribution in [0.5, 0.6) is 0 Å². The number of rotatable bonds is 5. The van der Waals surface area contributed by atoms with E-state index in [0.29, 0.717) is 11.4 Å². The minimum atomic E-state index is -4.63. The van der Waals surface area contributed by atoms with E-state index in [1.165, 1.54) is 36.4 Å². The molecule has 0 atom stereocenters. The normalized spacial score (nSPS) is 11.7. The van der Waals surface area contributed by atoms with Crippen molar-refractivity contribution in [1.82, 2.24) is 9.97 Å². The Morgan fingerprint density at radius 2 is 1.50 bits per heavy atom. The van der Waals surface area contributed by atoms with Gasteiger partial charge in [0.1, 0.15) is 0 Å². The molecule has 0 aliphatic heterocycles. The molecule has 1 heterocycles. The Morgan fingerprint density at radius 1 is 0.906 bits per heavy atom. The predicted octanol–water partition coefficient (Wildman–Crippen LogP) is 4.56. The zero-order chi connectivity index (χ0) is 23.5. The van der Waals surface area contributed by atoms with E-state index in [4.69, 9.17) is 0 Å². The molecule has 0 bridgehead atoms. The van der Waals surface area contributed by atoms with Gasteiger partial charge in [-0.05, 0) is 56.3 Å². The number of carbonyl (C=O) groups excluding carboxylic acids is 1. The molecular weight excluding hydrogens is 447 g/mol. The fraction of sp³-hybridized carbons (Fsp3) is 0.150. The van der Waals surface area contributed by atoms with Crippen LogP contribution in [0.1, 0.15) is 17.0 Å². The van der Waals surface area contributed by atoms with Gasteiger partial charge in [-0.3, -0.25) is 0 Å². The van der Waals surface area contributed by atoms with Gasteiger partial charge in [-0.25, -0.2) is 27.9 Å². The Labute approximate surface area is 182 Å². The number of nitrogens with one attached hydrogen (secondary N) is 3. The smallest absolute Gasteiger partial charge is 0.308 e. The van der Waals surface area contributed by atoms with Crippen molar-refractivity contribution in [2.24, 2.45) is 0 Å². The molecule has 2 amide bonds. The van der Waals surface area contributed by atoms with Crippen molar-refractivity contribution < 1.29 is 26.4 Å². The molecule has 0 radical (unpaired) electrons. The summed E-state index contributed by atoms with van der Waals surface area (Å²) >= 11 is 0. The Kier molecular flexibility index (Phi) is 6.35. The molecule has 2 aromatic carbocycles. The Hall–Kier alpha value is -3.67. The highest BCUT2D eigenvalue weighted by Crippen LogP contribution is 2.34. The highest BCUT2D eigenvalue weighted by molar-refractivity contribution is 7.92. The summed E-state index contributed by atoms with van der Waals surface area (Å²) in [6.07, 6.45) is -4.63. The molecule has 0 spiro atoms. The topological polar surface area (TPSA) is 113 Å². The van der Waals surface area contributed by atoms with Gasteiger partial charge in [-0.2, -0.15) is 13.2 Å². The molecule has 1 aromatic heterocycles. The lowest BCUT2D eigenvalue weighted by Gasteiger charge is -2.14. The summed E-state index contributed by atoms with van der Waals surface area (Å²) < 4.78 is 66.5. The number of urea groups is 1. The molecule has 12 heteroatoms. The third-order valence-electron chi connectivity index (χ3n) is 4.11. The number of anilines is 3. The Bertz CT molecular complexity index is 1230. The molecule has 3 aromatic rings. The molecule has 168 valence electrons. The van der Waals surface area contributed by atoms with Gasteiger partial charge in [-0.1, -0.05) is 12.1 Å². The quantitative estimate of drug-likeness (QED) is 0.511. The standard InChI is InChI=1S/C20H18F3N5O3S/c1-12-11-13(2)25-18(24-12)28-32(30,31)15-9-7-14(8-10-15)26-19(29)27-17-6-4-3-5-16(17)20(21,22)23/h3-11H,1-2H3,(H,24,25,28)(H2,26,27,29). The number of hydrogen-bond acceptors (Lipinski definition) is 5. The Morgan fingerprint density at radius 3 is 2.09 bits per heavy atom. The van der Waals surface area contributed by atoms with E-state index < -0.39 is 33.5 Å². The minimum Gasteiger partial charge on any atom is -0.308 e. The maximum atomic E-state index is 13.0. The monoisotopic (exact) mass is 465 g/mol. The van der Waals surface area contributed by atoms with Crippen LogP contribution in [0.15, 0.2) is 59.5 Å². The van der Waals surface area contributed by atoms with Crippen LogP contribution in [0.2, 0.25) is 0 Å². The number of aromatic nitrogens is 2. The summed E-state index contributed by atoms with van der Waals surface area (Å²) in [4.78, 5) is 20.0. The van der Waals surface area contributed by atoms with E-state index in [0.717, 1.165) is 12.1 Å². The summed E-state index contributed by atoms with van der Waals surface area (Å²) in [5, 5.41) is 4.49. The van der Waals surface area contributed by atoms with Crippen LogP contribution in [0.3, 0.4) is 0 Å². The molecule has 3 N–H and O–H groups in total. The van der Waals surface area contributed by atoms with Gasteiger partial charge in [0.05, 0.1) is 16.1 Å². The van der Waals surface area contributed by atoms with Crippen LogP contribution in [0.4, 0.5) is 35.3 Å². The molecule has 3 rings (SSSR count). The second-order valence-electron chi connectivity index (χ2n) is 6.73. The van der Waals surface area contributed by atoms with Crippen LogP contribution < -0.4 is 15.4 Å². The van der Waals surface area contributed by atoms with E-state index in [2.05, 4.69) is 25.3 Å². The number of benzene rings is 2. The summed E-state index contributed by atoms with van der Waals surface area (Å²) in [6, 6.07) is 10.4. The SMILES string of the molecule is Cc1cc(C)nc(NS(=O)(=O)c2ccc(NC(=O)Nc3ccccc3C(F)(F)F)cc2)n1. The number of amides is 2.